The summed E-state index contributed by atoms with van der Waals surface area (Å²) >= 11 is 0. The fraction of sp³-hybridized carbons (Fsp3) is 0.278. The minimum Gasteiger partial charge on any atom is -0.486 e. The molecule has 4 rings (SSSR count). The van der Waals surface area contributed by atoms with Gasteiger partial charge < -0.3 is 30.7 Å². The van der Waals surface area contributed by atoms with E-state index in [0.29, 0.717) is 11.5 Å². The van der Waals surface area contributed by atoms with Crippen LogP contribution in [0.4, 0.5) is 41.0 Å². The Morgan fingerprint density at radius 2 is 1.90 bits per heavy atom. The van der Waals surface area contributed by atoms with Gasteiger partial charge in [0.05, 0.1) is 17.4 Å². The third-order valence-corrected chi connectivity index (χ3v) is 4.44. The van der Waals surface area contributed by atoms with Crippen molar-refractivity contribution >= 4 is 34.7 Å². The van der Waals surface area contributed by atoms with Crippen LogP contribution in [0.1, 0.15) is 5.56 Å². The summed E-state index contributed by atoms with van der Waals surface area (Å²) in [7, 11) is 3.11. The summed E-state index contributed by atoms with van der Waals surface area (Å²) in [6.45, 7) is 0.344. The lowest BCUT2D eigenvalue weighted by atomic mass is 10.1. The number of nitrogens with zero attached hydrogens (tertiary/aromatic N) is 3. The molecule has 3 heterocycles. The largest absolute Gasteiger partial charge is 0.486 e. The van der Waals surface area contributed by atoms with E-state index < -0.39 is 17.8 Å². The van der Waals surface area contributed by atoms with Crippen LogP contribution in [0.25, 0.3) is 5.65 Å². The second-order valence-corrected chi connectivity index (χ2v) is 6.45. The summed E-state index contributed by atoms with van der Waals surface area (Å²) in [4.78, 5) is 16.1. The molecule has 3 aromatic rings. The summed E-state index contributed by atoms with van der Waals surface area (Å²) in [5.41, 5.74) is -0.259. The SMILES string of the molecule is CNC(=O)Nc1cnn2c(NC)cc(Nc3cc(C(F)(F)F)cc4c3OCCO4)nc12. The van der Waals surface area contributed by atoms with Crippen LogP contribution in [-0.2, 0) is 6.18 Å². The van der Waals surface area contributed by atoms with E-state index in [-0.39, 0.29) is 41.9 Å². The Kier molecular flexibility index (Phi) is 5.09. The fourth-order valence-corrected chi connectivity index (χ4v) is 3.03. The van der Waals surface area contributed by atoms with Crippen molar-refractivity contribution < 1.29 is 27.4 Å². The van der Waals surface area contributed by atoms with Crippen LogP contribution in [-0.4, -0.2) is 47.9 Å². The Morgan fingerprint density at radius 1 is 1.13 bits per heavy atom. The van der Waals surface area contributed by atoms with Gasteiger partial charge in [-0.2, -0.15) is 22.8 Å². The number of hydrogen-bond donors (Lipinski definition) is 4. The number of halogens is 3. The van der Waals surface area contributed by atoms with E-state index in [2.05, 4.69) is 31.3 Å². The number of carbonyl (C=O) groups is 1. The van der Waals surface area contributed by atoms with Gasteiger partial charge in [-0.3, -0.25) is 0 Å². The lowest BCUT2D eigenvalue weighted by Crippen LogP contribution is -2.24. The molecule has 0 unspecified atom stereocenters. The third-order valence-electron chi connectivity index (χ3n) is 4.44. The number of amides is 2. The third kappa shape index (κ3) is 3.93. The average molecular weight is 437 g/mol. The Hall–Kier alpha value is -3.90. The van der Waals surface area contributed by atoms with Gasteiger partial charge in [0.2, 0.25) is 0 Å². The van der Waals surface area contributed by atoms with E-state index in [1.165, 1.54) is 17.8 Å². The molecule has 164 valence electrons. The number of ether oxygens (including phenoxy) is 2. The van der Waals surface area contributed by atoms with Crippen molar-refractivity contribution in [2.75, 3.05) is 43.3 Å². The Morgan fingerprint density at radius 3 is 2.61 bits per heavy atom. The first kappa shape index (κ1) is 20.4. The number of nitrogens with one attached hydrogen (secondary N) is 4. The summed E-state index contributed by atoms with van der Waals surface area (Å²) in [5, 5.41) is 15.0. The molecule has 1 aromatic carbocycles. The Bertz CT molecular complexity index is 1150. The zero-order chi connectivity index (χ0) is 22.2. The average Bonchev–Trinajstić information content (AvgIpc) is 3.15. The second-order valence-electron chi connectivity index (χ2n) is 6.45. The molecule has 0 saturated heterocycles. The van der Waals surface area contributed by atoms with Crippen LogP contribution in [0.3, 0.4) is 0 Å². The summed E-state index contributed by atoms with van der Waals surface area (Å²) in [5.74, 6) is 0.831. The van der Waals surface area contributed by atoms with Crippen molar-refractivity contribution in [2.45, 2.75) is 6.18 Å². The van der Waals surface area contributed by atoms with Gasteiger partial charge in [-0.05, 0) is 12.1 Å². The number of carbonyl (C=O) groups excluding carboxylic acids is 1. The fourth-order valence-electron chi connectivity index (χ4n) is 3.03. The lowest BCUT2D eigenvalue weighted by molar-refractivity contribution is -0.137. The number of hydrogen-bond acceptors (Lipinski definition) is 7. The molecule has 0 bridgehead atoms. The normalized spacial score (nSPS) is 13.1. The first-order valence-corrected chi connectivity index (χ1v) is 9.13. The molecule has 0 fully saturated rings. The molecule has 31 heavy (non-hydrogen) atoms. The molecule has 4 N–H and O–H groups in total. The molecule has 0 atom stereocenters. The van der Waals surface area contributed by atoms with Gasteiger partial charge in [-0.25, -0.2) is 9.78 Å². The van der Waals surface area contributed by atoms with Gasteiger partial charge in [-0.1, -0.05) is 0 Å². The molecular weight excluding hydrogens is 419 g/mol. The smallest absolute Gasteiger partial charge is 0.416 e. The number of rotatable bonds is 4. The van der Waals surface area contributed by atoms with Crippen LogP contribution in [0.5, 0.6) is 11.5 Å². The van der Waals surface area contributed by atoms with Crippen molar-refractivity contribution in [3.05, 3.63) is 30.0 Å². The van der Waals surface area contributed by atoms with Crippen LogP contribution < -0.4 is 30.7 Å². The van der Waals surface area contributed by atoms with Crippen molar-refractivity contribution in [1.29, 1.82) is 0 Å². The van der Waals surface area contributed by atoms with Crippen molar-refractivity contribution in [1.82, 2.24) is 19.9 Å². The zero-order valence-corrected chi connectivity index (χ0v) is 16.4. The highest BCUT2D eigenvalue weighted by atomic mass is 19.4. The predicted octanol–water partition coefficient (Wildman–Crippen LogP) is 3.06. The maximum atomic E-state index is 13.4. The second kappa shape index (κ2) is 7.74. The molecule has 2 aromatic heterocycles. The molecule has 2 amide bonds. The van der Waals surface area contributed by atoms with E-state index >= 15 is 0 Å². The zero-order valence-electron chi connectivity index (χ0n) is 16.4. The van der Waals surface area contributed by atoms with Gasteiger partial charge in [0.25, 0.3) is 0 Å². The number of aromatic nitrogens is 3. The maximum absolute atomic E-state index is 13.4. The van der Waals surface area contributed by atoms with Crippen LogP contribution >= 0.6 is 0 Å². The summed E-state index contributed by atoms with van der Waals surface area (Å²) in [6.07, 6.45) is -3.17. The highest BCUT2D eigenvalue weighted by molar-refractivity contribution is 5.93. The van der Waals surface area contributed by atoms with Gasteiger partial charge in [0, 0.05) is 20.2 Å². The minimum atomic E-state index is -4.57. The van der Waals surface area contributed by atoms with Crippen molar-refractivity contribution in [3.8, 4) is 11.5 Å². The number of fused-ring (bicyclic) bond motifs is 2. The molecule has 10 nitrogen and oxygen atoms in total. The highest BCUT2D eigenvalue weighted by Gasteiger charge is 2.34. The van der Waals surface area contributed by atoms with Crippen LogP contribution in [0, 0.1) is 0 Å². The van der Waals surface area contributed by atoms with Crippen LogP contribution in [0.15, 0.2) is 24.4 Å². The molecule has 1 aliphatic rings. The van der Waals surface area contributed by atoms with E-state index in [9.17, 15) is 18.0 Å². The lowest BCUT2D eigenvalue weighted by Gasteiger charge is -2.23. The van der Waals surface area contributed by atoms with Crippen LogP contribution in [0.2, 0.25) is 0 Å². The van der Waals surface area contributed by atoms with Gasteiger partial charge in [-0.15, -0.1) is 0 Å². The number of anilines is 4. The number of alkyl halides is 3. The Balaban J connectivity index is 1.79. The first-order chi connectivity index (χ1) is 14.8. The van der Waals surface area contributed by atoms with Gasteiger partial charge in [0.1, 0.15) is 30.5 Å². The standard InChI is InChI=1S/C18H18F3N7O3/c1-22-14-7-13(27-16-11(8-24-28(14)16)26-17(29)23-2)25-10-5-9(18(19,20)21)6-12-15(10)31-4-3-30-12/h5-8,22H,3-4H2,1-2H3,(H,25,27)(H2,23,26,29). The topological polar surface area (TPSA) is 114 Å². The summed E-state index contributed by atoms with van der Waals surface area (Å²) in [6, 6.07) is 2.91. The summed E-state index contributed by atoms with van der Waals surface area (Å²) < 4.78 is 52.4. The van der Waals surface area contributed by atoms with Gasteiger partial charge in [0.15, 0.2) is 17.1 Å². The molecule has 0 aliphatic carbocycles. The molecule has 0 saturated carbocycles. The van der Waals surface area contributed by atoms with Crippen molar-refractivity contribution in [2.24, 2.45) is 0 Å². The quantitative estimate of drug-likeness (QED) is 0.496. The molecule has 13 heteroatoms. The van der Waals surface area contributed by atoms with E-state index in [0.717, 1.165) is 12.1 Å². The first-order valence-electron chi connectivity index (χ1n) is 9.13. The monoisotopic (exact) mass is 437 g/mol. The Labute approximate surface area is 173 Å². The highest BCUT2D eigenvalue weighted by Crippen LogP contribution is 2.44. The van der Waals surface area contributed by atoms with E-state index in [1.807, 2.05) is 0 Å². The molecule has 0 spiro atoms. The molecule has 0 radical (unpaired) electrons. The number of urea groups is 1. The predicted molar refractivity (Wildman–Crippen MR) is 106 cm³/mol. The minimum absolute atomic E-state index is 0.00943. The van der Waals surface area contributed by atoms with Crippen molar-refractivity contribution in [3.63, 3.8) is 0 Å². The van der Waals surface area contributed by atoms with E-state index in [4.69, 9.17) is 9.47 Å². The van der Waals surface area contributed by atoms with E-state index in [1.54, 1.807) is 13.1 Å². The number of benzene rings is 1. The molecule has 1 aliphatic heterocycles. The molecular formula is C18H18F3N7O3. The van der Waals surface area contributed by atoms with Gasteiger partial charge >= 0.3 is 12.2 Å². The maximum Gasteiger partial charge on any atom is 0.416 e.